The standard InChI is InChI=1S/C12H19N3O4/c1-3-4-5-18-6-7-19-12-9-10(15(16)17)8-11(13-2)14-12/h8-9H,3-7H2,1-2H3,(H,13,14). The van der Waals surface area contributed by atoms with Crippen molar-refractivity contribution in [2.24, 2.45) is 0 Å². The fraction of sp³-hybridized carbons (Fsp3) is 0.583. The summed E-state index contributed by atoms with van der Waals surface area (Å²) in [5.41, 5.74) is -0.0544. The molecule has 106 valence electrons. The van der Waals surface area contributed by atoms with E-state index in [0.717, 1.165) is 12.8 Å². The second-order valence-electron chi connectivity index (χ2n) is 3.87. The molecule has 1 N–H and O–H groups in total. The Kier molecular flexibility index (Phi) is 6.59. The van der Waals surface area contributed by atoms with Crippen LogP contribution in [0.1, 0.15) is 19.8 Å². The van der Waals surface area contributed by atoms with E-state index in [1.807, 2.05) is 0 Å². The van der Waals surface area contributed by atoms with E-state index in [4.69, 9.17) is 9.47 Å². The monoisotopic (exact) mass is 269 g/mol. The average Bonchev–Trinajstić information content (AvgIpc) is 2.42. The van der Waals surface area contributed by atoms with Gasteiger partial charge in [0.05, 0.1) is 23.7 Å². The Morgan fingerprint density at radius 3 is 2.79 bits per heavy atom. The molecule has 0 aliphatic carbocycles. The van der Waals surface area contributed by atoms with Gasteiger partial charge in [-0.25, -0.2) is 0 Å². The zero-order valence-corrected chi connectivity index (χ0v) is 11.2. The molecule has 1 aromatic rings. The van der Waals surface area contributed by atoms with Crippen molar-refractivity contribution in [2.75, 3.05) is 32.2 Å². The number of hydrogen-bond donors (Lipinski definition) is 1. The molecule has 0 aromatic carbocycles. The fourth-order valence-electron chi connectivity index (χ4n) is 1.35. The van der Waals surface area contributed by atoms with Crippen LogP contribution in [-0.2, 0) is 4.74 Å². The Balaban J connectivity index is 2.48. The molecule has 0 bridgehead atoms. The van der Waals surface area contributed by atoms with Crippen molar-refractivity contribution < 1.29 is 14.4 Å². The van der Waals surface area contributed by atoms with Gasteiger partial charge in [0, 0.05) is 13.7 Å². The van der Waals surface area contributed by atoms with Gasteiger partial charge in [0.2, 0.25) is 5.88 Å². The number of nitrogens with one attached hydrogen (secondary N) is 1. The van der Waals surface area contributed by atoms with Crippen LogP contribution in [0.4, 0.5) is 11.5 Å². The van der Waals surface area contributed by atoms with Crippen LogP contribution >= 0.6 is 0 Å². The smallest absolute Gasteiger partial charge is 0.278 e. The summed E-state index contributed by atoms with van der Waals surface area (Å²) in [6.07, 6.45) is 2.10. The highest BCUT2D eigenvalue weighted by Gasteiger charge is 2.11. The van der Waals surface area contributed by atoms with E-state index in [1.165, 1.54) is 12.1 Å². The van der Waals surface area contributed by atoms with E-state index >= 15 is 0 Å². The number of unbranched alkanes of at least 4 members (excludes halogenated alkanes) is 1. The Morgan fingerprint density at radius 2 is 2.16 bits per heavy atom. The van der Waals surface area contributed by atoms with Gasteiger partial charge in [0.1, 0.15) is 12.4 Å². The van der Waals surface area contributed by atoms with Gasteiger partial charge in [0.15, 0.2) is 0 Å². The first-order valence-electron chi connectivity index (χ1n) is 6.22. The van der Waals surface area contributed by atoms with Gasteiger partial charge in [-0.05, 0) is 6.42 Å². The van der Waals surface area contributed by atoms with Crippen molar-refractivity contribution in [3.05, 3.63) is 22.2 Å². The van der Waals surface area contributed by atoms with Crippen molar-refractivity contribution in [3.63, 3.8) is 0 Å². The zero-order valence-electron chi connectivity index (χ0n) is 11.2. The lowest BCUT2D eigenvalue weighted by Gasteiger charge is -2.07. The molecule has 1 heterocycles. The average molecular weight is 269 g/mol. The van der Waals surface area contributed by atoms with Crippen LogP contribution in [0.25, 0.3) is 0 Å². The number of hydrogen-bond acceptors (Lipinski definition) is 6. The second kappa shape index (κ2) is 8.25. The Hall–Kier alpha value is -1.89. The highest BCUT2D eigenvalue weighted by Crippen LogP contribution is 2.21. The van der Waals surface area contributed by atoms with Crippen LogP contribution in [0, 0.1) is 10.1 Å². The molecule has 1 rings (SSSR count). The number of anilines is 1. The summed E-state index contributed by atoms with van der Waals surface area (Å²) < 4.78 is 10.7. The summed E-state index contributed by atoms with van der Waals surface area (Å²) in [5.74, 6) is 0.619. The molecule has 0 saturated carbocycles. The van der Waals surface area contributed by atoms with E-state index in [9.17, 15) is 10.1 Å². The van der Waals surface area contributed by atoms with Crippen molar-refractivity contribution in [1.29, 1.82) is 0 Å². The lowest BCUT2D eigenvalue weighted by atomic mass is 10.4. The molecule has 1 aromatic heterocycles. The molecular weight excluding hydrogens is 250 g/mol. The van der Waals surface area contributed by atoms with Crippen molar-refractivity contribution in [1.82, 2.24) is 4.98 Å². The minimum Gasteiger partial charge on any atom is -0.475 e. The topological polar surface area (TPSA) is 86.5 Å². The van der Waals surface area contributed by atoms with Crippen LogP contribution in [-0.4, -0.2) is 36.8 Å². The summed E-state index contributed by atoms with van der Waals surface area (Å²) in [4.78, 5) is 14.3. The lowest BCUT2D eigenvalue weighted by molar-refractivity contribution is -0.384. The number of nitro groups is 1. The maximum atomic E-state index is 10.7. The van der Waals surface area contributed by atoms with E-state index in [-0.39, 0.29) is 11.6 Å². The first kappa shape index (κ1) is 15.2. The maximum Gasteiger partial charge on any atom is 0.278 e. The summed E-state index contributed by atoms with van der Waals surface area (Å²) >= 11 is 0. The number of pyridine rings is 1. The largest absolute Gasteiger partial charge is 0.475 e. The normalized spacial score (nSPS) is 10.2. The molecule has 0 atom stereocenters. The minimum absolute atomic E-state index is 0.0544. The molecule has 7 nitrogen and oxygen atoms in total. The molecule has 0 radical (unpaired) electrons. The third kappa shape index (κ3) is 5.52. The summed E-state index contributed by atoms with van der Waals surface area (Å²) in [6, 6.07) is 2.65. The maximum absolute atomic E-state index is 10.7. The van der Waals surface area contributed by atoms with E-state index < -0.39 is 4.92 Å². The van der Waals surface area contributed by atoms with Crippen LogP contribution in [0.2, 0.25) is 0 Å². The van der Waals surface area contributed by atoms with Crippen LogP contribution in [0.3, 0.4) is 0 Å². The van der Waals surface area contributed by atoms with Gasteiger partial charge in [-0.15, -0.1) is 0 Å². The molecule has 0 spiro atoms. The first-order valence-corrected chi connectivity index (χ1v) is 6.22. The summed E-state index contributed by atoms with van der Waals surface area (Å²) in [6.45, 7) is 3.55. The predicted molar refractivity (Wildman–Crippen MR) is 71.7 cm³/mol. The number of nitrogens with zero attached hydrogens (tertiary/aromatic N) is 2. The third-order valence-electron chi connectivity index (χ3n) is 2.37. The zero-order chi connectivity index (χ0) is 14.1. The molecule has 0 amide bonds. The highest BCUT2D eigenvalue weighted by molar-refractivity contribution is 5.47. The predicted octanol–water partition coefficient (Wildman–Crippen LogP) is 2.23. The van der Waals surface area contributed by atoms with E-state index in [0.29, 0.717) is 25.6 Å². The van der Waals surface area contributed by atoms with Crippen LogP contribution in [0.15, 0.2) is 12.1 Å². The fourth-order valence-corrected chi connectivity index (χ4v) is 1.35. The Morgan fingerprint density at radius 1 is 1.37 bits per heavy atom. The molecule has 0 fully saturated rings. The van der Waals surface area contributed by atoms with Gasteiger partial charge in [-0.1, -0.05) is 13.3 Å². The van der Waals surface area contributed by atoms with Gasteiger partial charge in [0.25, 0.3) is 5.69 Å². The third-order valence-corrected chi connectivity index (χ3v) is 2.37. The minimum atomic E-state index is -0.479. The molecule has 0 unspecified atom stereocenters. The summed E-state index contributed by atoms with van der Waals surface area (Å²) in [7, 11) is 1.64. The highest BCUT2D eigenvalue weighted by atomic mass is 16.6. The lowest BCUT2D eigenvalue weighted by Crippen LogP contribution is -2.09. The number of rotatable bonds is 9. The molecule has 0 saturated heterocycles. The molecular formula is C12H19N3O4. The van der Waals surface area contributed by atoms with Gasteiger partial charge < -0.3 is 14.8 Å². The Labute approximate surface area is 112 Å². The van der Waals surface area contributed by atoms with Gasteiger partial charge in [-0.2, -0.15) is 4.98 Å². The summed E-state index contributed by atoms with van der Waals surface area (Å²) in [5, 5.41) is 13.5. The van der Waals surface area contributed by atoms with Crippen molar-refractivity contribution in [2.45, 2.75) is 19.8 Å². The van der Waals surface area contributed by atoms with Crippen LogP contribution < -0.4 is 10.1 Å². The first-order chi connectivity index (χ1) is 9.17. The van der Waals surface area contributed by atoms with Gasteiger partial charge in [-0.3, -0.25) is 10.1 Å². The molecule has 7 heteroatoms. The SMILES string of the molecule is CCCCOCCOc1cc([N+](=O)[O-])cc(NC)n1. The van der Waals surface area contributed by atoms with Gasteiger partial charge >= 0.3 is 0 Å². The molecule has 0 aliphatic heterocycles. The number of aromatic nitrogens is 1. The van der Waals surface area contributed by atoms with E-state index in [2.05, 4.69) is 17.2 Å². The number of ether oxygens (including phenoxy) is 2. The second-order valence-corrected chi connectivity index (χ2v) is 3.87. The Bertz CT molecular complexity index is 412. The van der Waals surface area contributed by atoms with Crippen LogP contribution in [0.5, 0.6) is 5.88 Å². The molecule has 0 aliphatic rings. The van der Waals surface area contributed by atoms with E-state index in [1.54, 1.807) is 7.05 Å². The van der Waals surface area contributed by atoms with Crippen molar-refractivity contribution in [3.8, 4) is 5.88 Å². The quantitative estimate of drug-likeness (QED) is 0.420. The van der Waals surface area contributed by atoms with Crippen molar-refractivity contribution >= 4 is 11.5 Å². The molecule has 19 heavy (non-hydrogen) atoms.